The van der Waals surface area contributed by atoms with Crippen molar-refractivity contribution in [1.29, 1.82) is 0 Å². The fourth-order valence-electron chi connectivity index (χ4n) is 7.11. The lowest BCUT2D eigenvalue weighted by molar-refractivity contribution is -0.870. The van der Waals surface area contributed by atoms with E-state index in [4.69, 9.17) is 9.05 Å². The third kappa shape index (κ3) is 44.6. The first-order valence-corrected chi connectivity index (χ1v) is 26.4. The lowest BCUT2D eigenvalue weighted by atomic mass is 10.0. The van der Waals surface area contributed by atoms with Crippen LogP contribution in [0.4, 0.5) is 0 Å². The zero-order valence-electron chi connectivity index (χ0n) is 39.5. The van der Waals surface area contributed by atoms with Gasteiger partial charge in [0.25, 0.3) is 0 Å². The van der Waals surface area contributed by atoms with Crippen molar-refractivity contribution < 1.29 is 32.9 Å². The van der Waals surface area contributed by atoms with Crippen molar-refractivity contribution in [3.8, 4) is 0 Å². The smallest absolute Gasteiger partial charge is 0.387 e. The minimum Gasteiger partial charge on any atom is -0.387 e. The number of nitrogens with zero attached hydrogens (tertiary/aromatic N) is 1. The molecule has 0 spiro atoms. The molecule has 59 heavy (non-hydrogen) atoms. The van der Waals surface area contributed by atoms with Gasteiger partial charge >= 0.3 is 7.82 Å². The molecular formula is C50H98N2O6P+. The second-order valence-electron chi connectivity index (χ2n) is 18.2. The van der Waals surface area contributed by atoms with Crippen LogP contribution in [0.3, 0.4) is 0 Å². The average molecular weight is 854 g/mol. The van der Waals surface area contributed by atoms with Crippen molar-refractivity contribution in [2.24, 2.45) is 0 Å². The predicted molar refractivity (Wildman–Crippen MR) is 254 cm³/mol. The number of carbonyl (C=O) groups excluding carboxylic acids is 1. The number of phosphoric acid groups is 1. The summed E-state index contributed by atoms with van der Waals surface area (Å²) in [4.78, 5) is 23.1. The quantitative estimate of drug-likeness (QED) is 0.0244. The number of unbranched alkanes of at least 4 members (excludes halogenated alkanes) is 28. The number of quaternary nitrogens is 1. The summed E-state index contributed by atoms with van der Waals surface area (Å²) in [5.41, 5.74) is 0. The van der Waals surface area contributed by atoms with Crippen molar-refractivity contribution in [2.45, 2.75) is 238 Å². The number of allylic oxidation sites excluding steroid dienone is 5. The molecule has 3 unspecified atom stereocenters. The van der Waals surface area contributed by atoms with E-state index in [1.165, 1.54) is 154 Å². The summed E-state index contributed by atoms with van der Waals surface area (Å²) in [6.07, 6.45) is 52.4. The fourth-order valence-corrected chi connectivity index (χ4v) is 7.85. The van der Waals surface area contributed by atoms with Crippen molar-refractivity contribution in [3.63, 3.8) is 0 Å². The Morgan fingerprint density at radius 3 is 1.36 bits per heavy atom. The zero-order chi connectivity index (χ0) is 43.6. The van der Waals surface area contributed by atoms with E-state index >= 15 is 0 Å². The van der Waals surface area contributed by atoms with E-state index in [-0.39, 0.29) is 19.1 Å². The van der Waals surface area contributed by atoms with Crippen LogP contribution >= 0.6 is 7.82 Å². The Bertz CT molecular complexity index is 1060. The molecule has 1 amide bonds. The first-order valence-electron chi connectivity index (χ1n) is 24.9. The predicted octanol–water partition coefficient (Wildman–Crippen LogP) is 14.3. The highest BCUT2D eigenvalue weighted by Gasteiger charge is 2.27. The topological polar surface area (TPSA) is 105 Å². The van der Waals surface area contributed by atoms with E-state index in [1.54, 1.807) is 6.08 Å². The minimum absolute atomic E-state index is 0.0536. The number of aliphatic hydroxyl groups excluding tert-OH is 1. The van der Waals surface area contributed by atoms with Crippen LogP contribution in [-0.4, -0.2) is 73.4 Å². The number of rotatable bonds is 45. The Balaban J connectivity index is 4.33. The highest BCUT2D eigenvalue weighted by molar-refractivity contribution is 7.47. The molecule has 0 aromatic carbocycles. The Morgan fingerprint density at radius 2 is 0.932 bits per heavy atom. The van der Waals surface area contributed by atoms with Crippen molar-refractivity contribution >= 4 is 13.7 Å². The maximum absolute atomic E-state index is 12.9. The molecule has 0 saturated heterocycles. The highest BCUT2D eigenvalue weighted by Crippen LogP contribution is 2.43. The molecule has 0 bridgehead atoms. The van der Waals surface area contributed by atoms with Crippen molar-refractivity contribution in [1.82, 2.24) is 5.32 Å². The number of likely N-dealkylation sites (N-methyl/N-ethyl adjacent to an activating group) is 1. The van der Waals surface area contributed by atoms with Gasteiger partial charge < -0.3 is 19.8 Å². The SMILES string of the molecule is CCCCCCCC/C=C\CCCCCC(=O)NC(COP(=O)(O)OCC[N+](C)(C)C)C(O)/C=C/CC/C=C/CCCCCCCCCCCCCCCCCCCC. The van der Waals surface area contributed by atoms with E-state index in [0.29, 0.717) is 17.4 Å². The molecule has 0 radical (unpaired) electrons. The first kappa shape index (κ1) is 57.7. The van der Waals surface area contributed by atoms with Crippen LogP contribution in [0.2, 0.25) is 0 Å². The number of phosphoric ester groups is 1. The third-order valence-corrected chi connectivity index (χ3v) is 12.1. The molecule has 3 atom stereocenters. The van der Waals surface area contributed by atoms with Crippen molar-refractivity contribution in [3.05, 3.63) is 36.5 Å². The molecule has 0 aromatic heterocycles. The van der Waals surface area contributed by atoms with E-state index in [2.05, 4.69) is 43.5 Å². The van der Waals surface area contributed by atoms with Crippen LogP contribution in [-0.2, 0) is 18.4 Å². The summed E-state index contributed by atoms with van der Waals surface area (Å²) in [6.45, 7) is 4.78. The van der Waals surface area contributed by atoms with Gasteiger partial charge in [0.2, 0.25) is 5.91 Å². The number of hydrogen-bond donors (Lipinski definition) is 3. The summed E-state index contributed by atoms with van der Waals surface area (Å²) < 4.78 is 23.6. The third-order valence-electron chi connectivity index (χ3n) is 11.1. The standard InChI is InChI=1S/C50H97N2O6P/c1-6-8-10-12-14-16-18-20-21-22-23-24-25-26-27-28-29-30-32-33-35-37-39-41-43-49(53)48(47-58-59(55,56)57-46-45-52(3,4)5)51-50(54)44-42-40-38-36-34-31-19-17-15-13-11-9-7-2/h31,33-35,41,43,48-49,53H,6-30,32,36-40,42,44-47H2,1-5H3,(H-,51,54,55,56)/p+1/b34-31-,35-33+,43-41+. The van der Waals surface area contributed by atoms with Crippen LogP contribution in [0.25, 0.3) is 0 Å². The molecule has 0 aliphatic heterocycles. The van der Waals surface area contributed by atoms with Gasteiger partial charge in [-0.05, 0) is 57.8 Å². The Kier molecular flexibility index (Phi) is 41.1. The molecule has 0 aliphatic carbocycles. The molecule has 348 valence electrons. The molecule has 9 heteroatoms. The second-order valence-corrected chi connectivity index (χ2v) is 19.6. The van der Waals surface area contributed by atoms with E-state index in [1.807, 2.05) is 27.2 Å². The van der Waals surface area contributed by atoms with Gasteiger partial charge in [0.15, 0.2) is 0 Å². The molecular weight excluding hydrogens is 756 g/mol. The van der Waals surface area contributed by atoms with Gasteiger partial charge in [-0.1, -0.05) is 198 Å². The maximum atomic E-state index is 12.9. The molecule has 3 N–H and O–H groups in total. The average Bonchev–Trinajstić information content (AvgIpc) is 3.19. The van der Waals surface area contributed by atoms with E-state index in [0.717, 1.165) is 51.4 Å². The van der Waals surface area contributed by atoms with Crippen LogP contribution in [0.5, 0.6) is 0 Å². The van der Waals surface area contributed by atoms with E-state index in [9.17, 15) is 19.4 Å². The summed E-state index contributed by atoms with van der Waals surface area (Å²) in [5.74, 6) is -0.203. The van der Waals surface area contributed by atoms with Crippen LogP contribution in [0, 0.1) is 0 Å². The zero-order valence-corrected chi connectivity index (χ0v) is 40.4. The van der Waals surface area contributed by atoms with Crippen molar-refractivity contribution in [2.75, 3.05) is 40.9 Å². The number of hydrogen-bond acceptors (Lipinski definition) is 5. The van der Waals surface area contributed by atoms with Crippen LogP contribution in [0.1, 0.15) is 226 Å². The molecule has 0 aromatic rings. The van der Waals surface area contributed by atoms with Crippen LogP contribution in [0.15, 0.2) is 36.5 Å². The van der Waals surface area contributed by atoms with E-state index < -0.39 is 20.0 Å². The molecule has 0 saturated carbocycles. The lowest BCUT2D eigenvalue weighted by Gasteiger charge is -2.25. The van der Waals surface area contributed by atoms with Gasteiger partial charge in [0, 0.05) is 6.42 Å². The molecule has 8 nitrogen and oxygen atoms in total. The Morgan fingerprint density at radius 1 is 0.559 bits per heavy atom. The highest BCUT2D eigenvalue weighted by atomic mass is 31.2. The summed E-state index contributed by atoms with van der Waals surface area (Å²) >= 11 is 0. The molecule has 0 fully saturated rings. The summed E-state index contributed by atoms with van der Waals surface area (Å²) in [5, 5.41) is 13.8. The monoisotopic (exact) mass is 854 g/mol. The summed E-state index contributed by atoms with van der Waals surface area (Å²) in [6, 6.07) is -0.869. The molecule has 0 rings (SSSR count). The Hall–Kier alpha value is -1.28. The molecule has 0 heterocycles. The maximum Gasteiger partial charge on any atom is 0.472 e. The number of nitrogens with one attached hydrogen (secondary N) is 1. The van der Waals surface area contributed by atoms with Gasteiger partial charge in [0.1, 0.15) is 13.2 Å². The van der Waals surface area contributed by atoms with Gasteiger partial charge in [-0.25, -0.2) is 4.57 Å². The summed E-state index contributed by atoms with van der Waals surface area (Å²) in [7, 11) is 1.55. The van der Waals surface area contributed by atoms with Crippen LogP contribution < -0.4 is 5.32 Å². The number of aliphatic hydroxyl groups is 1. The van der Waals surface area contributed by atoms with Gasteiger partial charge in [-0.3, -0.25) is 13.8 Å². The number of carbonyl (C=O) groups is 1. The largest absolute Gasteiger partial charge is 0.472 e. The minimum atomic E-state index is -4.35. The fraction of sp³-hybridized carbons (Fsp3) is 0.860. The molecule has 0 aliphatic rings. The first-order chi connectivity index (χ1) is 28.5. The van der Waals surface area contributed by atoms with Gasteiger partial charge in [-0.15, -0.1) is 0 Å². The normalized spacial score (nSPS) is 14.5. The number of amides is 1. The van der Waals surface area contributed by atoms with Gasteiger partial charge in [0.05, 0.1) is 39.9 Å². The Labute approximate surface area is 366 Å². The lowest BCUT2D eigenvalue weighted by Crippen LogP contribution is -2.45. The second kappa shape index (κ2) is 42.0. The van der Waals surface area contributed by atoms with Gasteiger partial charge in [-0.2, -0.15) is 0 Å².